The Hall–Kier alpha value is -3.60. The normalized spacial score (nSPS) is 10.7. The summed E-state index contributed by atoms with van der Waals surface area (Å²) in [6.07, 6.45) is 3.97. The van der Waals surface area contributed by atoms with Crippen molar-refractivity contribution in [2.45, 2.75) is 6.61 Å². The van der Waals surface area contributed by atoms with Crippen LogP contribution in [0.1, 0.15) is 16.7 Å². The number of ether oxygens (including phenoxy) is 5. The van der Waals surface area contributed by atoms with Crippen molar-refractivity contribution in [3.05, 3.63) is 77.4 Å². The molecule has 3 rings (SSSR count). The van der Waals surface area contributed by atoms with E-state index in [1.165, 1.54) is 0 Å². The largest absolute Gasteiger partial charge is 0.493 e. The van der Waals surface area contributed by atoms with E-state index < -0.39 is 0 Å². The molecule has 30 heavy (non-hydrogen) atoms. The summed E-state index contributed by atoms with van der Waals surface area (Å²) in [4.78, 5) is 0. The highest BCUT2D eigenvalue weighted by molar-refractivity contribution is 5.73. The minimum atomic E-state index is 0.469. The van der Waals surface area contributed by atoms with Crippen LogP contribution in [0.4, 0.5) is 0 Å². The summed E-state index contributed by atoms with van der Waals surface area (Å²) in [6.45, 7) is 0.469. The fourth-order valence-electron chi connectivity index (χ4n) is 3.04. The third-order valence-electron chi connectivity index (χ3n) is 4.58. The van der Waals surface area contributed by atoms with E-state index in [0.717, 1.165) is 16.7 Å². The topological polar surface area (TPSA) is 46.2 Å². The quantitative estimate of drug-likeness (QED) is 0.441. The first-order valence-corrected chi connectivity index (χ1v) is 9.51. The van der Waals surface area contributed by atoms with Gasteiger partial charge in [0.25, 0.3) is 0 Å². The van der Waals surface area contributed by atoms with Gasteiger partial charge in [0.15, 0.2) is 23.0 Å². The van der Waals surface area contributed by atoms with Gasteiger partial charge in [0, 0.05) is 0 Å². The molecule has 5 nitrogen and oxygen atoms in total. The maximum Gasteiger partial charge on any atom is 0.203 e. The molecule has 0 amide bonds. The van der Waals surface area contributed by atoms with Gasteiger partial charge in [0.05, 0.1) is 28.4 Å². The molecule has 156 valence electrons. The van der Waals surface area contributed by atoms with Gasteiger partial charge in [-0.05, 0) is 41.0 Å². The van der Waals surface area contributed by atoms with Crippen molar-refractivity contribution in [3.8, 4) is 28.7 Å². The summed E-state index contributed by atoms with van der Waals surface area (Å²) >= 11 is 0. The summed E-state index contributed by atoms with van der Waals surface area (Å²) in [5.74, 6) is 3.17. The van der Waals surface area contributed by atoms with Gasteiger partial charge in [0.2, 0.25) is 5.75 Å². The van der Waals surface area contributed by atoms with Gasteiger partial charge in [-0.3, -0.25) is 0 Å². The molecular weight excluding hydrogens is 380 g/mol. The SMILES string of the molecule is COc1ccc(/C=C\c2cc(OC)c(OC)c(OC)c2)cc1OCc1ccccc1. The van der Waals surface area contributed by atoms with E-state index >= 15 is 0 Å². The Bertz CT molecular complexity index is 971. The molecule has 3 aromatic rings. The second-order valence-electron chi connectivity index (χ2n) is 6.48. The van der Waals surface area contributed by atoms with Crippen LogP contribution in [-0.4, -0.2) is 28.4 Å². The summed E-state index contributed by atoms with van der Waals surface area (Å²) < 4.78 is 27.7. The summed E-state index contributed by atoms with van der Waals surface area (Å²) in [7, 11) is 6.43. The van der Waals surface area contributed by atoms with Crippen LogP contribution in [0.15, 0.2) is 60.7 Å². The first kappa shape index (κ1) is 21.1. The van der Waals surface area contributed by atoms with Crippen molar-refractivity contribution < 1.29 is 23.7 Å². The molecule has 0 saturated carbocycles. The van der Waals surface area contributed by atoms with Gasteiger partial charge >= 0.3 is 0 Å². The molecular formula is C25H26O5. The van der Waals surface area contributed by atoms with Crippen molar-refractivity contribution in [1.29, 1.82) is 0 Å². The number of hydrogen-bond acceptors (Lipinski definition) is 5. The highest BCUT2D eigenvalue weighted by Gasteiger charge is 2.12. The standard InChI is InChI=1S/C25H26O5/c1-26-21-13-12-18(14-22(21)30-17-19-8-6-5-7-9-19)10-11-20-15-23(27-2)25(29-4)24(16-20)28-3/h5-16H,17H2,1-4H3/b11-10-. The monoisotopic (exact) mass is 406 g/mol. The molecule has 0 bridgehead atoms. The first-order chi connectivity index (χ1) is 14.7. The van der Waals surface area contributed by atoms with E-state index in [1.807, 2.05) is 72.8 Å². The van der Waals surface area contributed by atoms with Crippen LogP contribution in [-0.2, 0) is 6.61 Å². The van der Waals surface area contributed by atoms with Crippen molar-refractivity contribution in [2.24, 2.45) is 0 Å². The van der Waals surface area contributed by atoms with Crippen molar-refractivity contribution >= 4 is 12.2 Å². The van der Waals surface area contributed by atoms with E-state index in [0.29, 0.717) is 35.4 Å². The Kier molecular flexibility index (Phi) is 7.22. The minimum Gasteiger partial charge on any atom is -0.493 e. The summed E-state index contributed by atoms with van der Waals surface area (Å²) in [6, 6.07) is 19.6. The molecule has 0 unspecified atom stereocenters. The molecule has 0 atom stereocenters. The Morgan fingerprint density at radius 1 is 0.600 bits per heavy atom. The Morgan fingerprint density at radius 3 is 1.80 bits per heavy atom. The second-order valence-corrected chi connectivity index (χ2v) is 6.48. The first-order valence-electron chi connectivity index (χ1n) is 9.51. The van der Waals surface area contributed by atoms with Crippen molar-refractivity contribution in [1.82, 2.24) is 0 Å². The van der Waals surface area contributed by atoms with E-state index in [1.54, 1.807) is 28.4 Å². The lowest BCUT2D eigenvalue weighted by molar-refractivity contribution is 0.284. The molecule has 0 aromatic heterocycles. The Morgan fingerprint density at radius 2 is 1.20 bits per heavy atom. The van der Waals surface area contributed by atoms with Gasteiger partial charge < -0.3 is 23.7 Å². The van der Waals surface area contributed by atoms with Crippen LogP contribution in [0.3, 0.4) is 0 Å². The highest BCUT2D eigenvalue weighted by atomic mass is 16.5. The molecule has 0 aliphatic heterocycles. The molecule has 0 spiro atoms. The van der Waals surface area contributed by atoms with E-state index in [4.69, 9.17) is 23.7 Å². The zero-order valence-electron chi connectivity index (χ0n) is 17.7. The average Bonchev–Trinajstić information content (AvgIpc) is 2.81. The number of hydrogen-bond donors (Lipinski definition) is 0. The zero-order chi connectivity index (χ0) is 21.3. The Labute approximate surface area is 177 Å². The van der Waals surface area contributed by atoms with Gasteiger partial charge in [-0.2, -0.15) is 0 Å². The maximum atomic E-state index is 5.99. The van der Waals surface area contributed by atoms with Gasteiger partial charge in [-0.15, -0.1) is 0 Å². The smallest absolute Gasteiger partial charge is 0.203 e. The van der Waals surface area contributed by atoms with E-state index in [9.17, 15) is 0 Å². The fraction of sp³-hybridized carbons (Fsp3) is 0.200. The van der Waals surface area contributed by atoms with Crippen molar-refractivity contribution in [3.63, 3.8) is 0 Å². The predicted octanol–water partition coefficient (Wildman–Crippen LogP) is 5.47. The lowest BCUT2D eigenvalue weighted by Gasteiger charge is -2.13. The molecule has 0 aliphatic rings. The van der Waals surface area contributed by atoms with E-state index in [2.05, 4.69) is 0 Å². The van der Waals surface area contributed by atoms with Crippen LogP contribution >= 0.6 is 0 Å². The molecule has 0 fully saturated rings. The lowest BCUT2D eigenvalue weighted by atomic mass is 10.1. The maximum absolute atomic E-state index is 5.99. The van der Waals surface area contributed by atoms with Gasteiger partial charge in [-0.25, -0.2) is 0 Å². The molecule has 0 radical (unpaired) electrons. The zero-order valence-corrected chi connectivity index (χ0v) is 17.7. The number of methoxy groups -OCH3 is 4. The van der Waals surface area contributed by atoms with Crippen LogP contribution < -0.4 is 23.7 Å². The molecule has 0 N–H and O–H groups in total. The molecule has 0 heterocycles. The van der Waals surface area contributed by atoms with Crippen LogP contribution in [0.25, 0.3) is 12.2 Å². The molecule has 5 heteroatoms. The van der Waals surface area contributed by atoms with Crippen LogP contribution in [0, 0.1) is 0 Å². The van der Waals surface area contributed by atoms with Gasteiger partial charge in [0.1, 0.15) is 6.61 Å². The minimum absolute atomic E-state index is 0.469. The summed E-state index contributed by atoms with van der Waals surface area (Å²) in [5, 5.41) is 0. The molecule has 0 aliphatic carbocycles. The van der Waals surface area contributed by atoms with Crippen LogP contribution in [0.2, 0.25) is 0 Å². The third kappa shape index (κ3) is 5.06. The number of rotatable bonds is 9. The lowest BCUT2D eigenvalue weighted by Crippen LogP contribution is -1.97. The highest BCUT2D eigenvalue weighted by Crippen LogP contribution is 2.38. The van der Waals surface area contributed by atoms with Crippen LogP contribution in [0.5, 0.6) is 28.7 Å². The molecule has 0 saturated heterocycles. The van der Waals surface area contributed by atoms with Gasteiger partial charge in [-0.1, -0.05) is 48.6 Å². The fourth-order valence-corrected chi connectivity index (χ4v) is 3.04. The van der Waals surface area contributed by atoms with Crippen molar-refractivity contribution in [2.75, 3.05) is 28.4 Å². The second kappa shape index (κ2) is 10.3. The third-order valence-corrected chi connectivity index (χ3v) is 4.58. The summed E-state index contributed by atoms with van der Waals surface area (Å²) in [5.41, 5.74) is 3.00. The Balaban J connectivity index is 1.83. The molecule has 3 aromatic carbocycles. The van der Waals surface area contributed by atoms with E-state index in [-0.39, 0.29) is 0 Å². The predicted molar refractivity (Wildman–Crippen MR) is 119 cm³/mol. The average molecular weight is 406 g/mol. The number of benzene rings is 3.